The average molecular weight is 385 g/mol. The van der Waals surface area contributed by atoms with Gasteiger partial charge in [-0.1, -0.05) is 0 Å². The third kappa shape index (κ3) is 4.75. The van der Waals surface area contributed by atoms with Crippen molar-refractivity contribution in [3.8, 4) is 5.75 Å². The van der Waals surface area contributed by atoms with Gasteiger partial charge >= 0.3 is 5.97 Å². The number of hydrogen-bond donors (Lipinski definition) is 1. The van der Waals surface area contributed by atoms with E-state index in [4.69, 9.17) is 14.6 Å². The van der Waals surface area contributed by atoms with Gasteiger partial charge in [0.05, 0.1) is 18.6 Å². The molecule has 1 aliphatic rings. The van der Waals surface area contributed by atoms with E-state index in [2.05, 4.69) is 0 Å². The van der Waals surface area contributed by atoms with Gasteiger partial charge in [-0.25, -0.2) is 13.2 Å². The zero-order chi connectivity index (χ0) is 19.5. The summed E-state index contributed by atoms with van der Waals surface area (Å²) in [5, 5.41) is 8.66. The van der Waals surface area contributed by atoms with Gasteiger partial charge < -0.3 is 14.6 Å². The molecule has 1 saturated carbocycles. The number of aliphatic carboxylic acids is 1. The minimum atomic E-state index is -3.72. The Morgan fingerprint density at radius 2 is 1.92 bits per heavy atom. The highest BCUT2D eigenvalue weighted by Crippen LogP contribution is 2.35. The first-order valence-corrected chi connectivity index (χ1v) is 10.1. The van der Waals surface area contributed by atoms with Crippen LogP contribution in [0.3, 0.4) is 0 Å². The second kappa shape index (κ2) is 8.37. The lowest BCUT2D eigenvalue weighted by Crippen LogP contribution is -2.37. The Hall–Kier alpha value is -1.64. The maximum absolute atomic E-state index is 13.3. The normalized spacial score (nSPS) is 14.7. The predicted octanol–water partition coefficient (Wildman–Crippen LogP) is 2.12. The molecule has 0 radical (unpaired) electrons. The molecule has 0 unspecified atom stereocenters. The number of hydrogen-bond acceptors (Lipinski definition) is 5. The molecule has 1 aromatic carbocycles. The molecule has 7 nitrogen and oxygen atoms in total. The molecule has 0 heterocycles. The molecule has 146 valence electrons. The Labute approximate surface area is 155 Å². The maximum atomic E-state index is 13.3. The number of benzene rings is 1. The molecule has 26 heavy (non-hydrogen) atoms. The molecule has 0 amide bonds. The van der Waals surface area contributed by atoms with E-state index in [-0.39, 0.29) is 13.2 Å². The molecule has 2 rings (SSSR count). The molecule has 0 atom stereocenters. The van der Waals surface area contributed by atoms with Crippen molar-refractivity contribution in [2.24, 2.45) is 5.92 Å². The van der Waals surface area contributed by atoms with E-state index in [9.17, 15) is 13.2 Å². The summed E-state index contributed by atoms with van der Waals surface area (Å²) in [6.45, 7) is 5.57. The van der Waals surface area contributed by atoms with Crippen molar-refractivity contribution >= 4 is 16.0 Å². The Morgan fingerprint density at radius 1 is 1.27 bits per heavy atom. The monoisotopic (exact) mass is 385 g/mol. The molecule has 0 spiro atoms. The first kappa shape index (κ1) is 20.7. The molecule has 1 fully saturated rings. The Balaban J connectivity index is 2.30. The minimum Gasteiger partial charge on any atom is -0.496 e. The van der Waals surface area contributed by atoms with Crippen molar-refractivity contribution in [3.63, 3.8) is 0 Å². The summed E-state index contributed by atoms with van der Waals surface area (Å²) in [7, 11) is -2.15. The zero-order valence-corrected chi connectivity index (χ0v) is 16.6. The molecule has 1 aliphatic carbocycles. The highest BCUT2D eigenvalue weighted by Gasteiger charge is 2.34. The van der Waals surface area contributed by atoms with Crippen LogP contribution in [0.15, 0.2) is 11.0 Å². The first-order valence-electron chi connectivity index (χ1n) is 8.63. The number of nitrogens with zero attached hydrogens (tertiary/aromatic N) is 1. The van der Waals surface area contributed by atoms with Gasteiger partial charge in [-0.15, -0.1) is 0 Å². The van der Waals surface area contributed by atoms with E-state index >= 15 is 0 Å². The fourth-order valence-electron chi connectivity index (χ4n) is 2.98. The van der Waals surface area contributed by atoms with Crippen molar-refractivity contribution in [1.29, 1.82) is 0 Å². The Morgan fingerprint density at radius 3 is 2.46 bits per heavy atom. The SMILES string of the molecule is COc1cc(C)c(S(=O)(=O)N(CCOCC(=O)O)CC2CC2)c(C)c1C. The number of carboxylic acids is 1. The topological polar surface area (TPSA) is 93.1 Å². The lowest BCUT2D eigenvalue weighted by atomic mass is 10.1. The summed E-state index contributed by atoms with van der Waals surface area (Å²) in [6, 6.07) is 1.74. The third-order valence-corrected chi connectivity index (χ3v) is 6.82. The Kier molecular flexibility index (Phi) is 6.65. The van der Waals surface area contributed by atoms with Crippen LogP contribution in [0, 0.1) is 26.7 Å². The number of carboxylic acid groups (broad SMARTS) is 1. The number of methoxy groups -OCH3 is 1. The maximum Gasteiger partial charge on any atom is 0.329 e. The third-order valence-electron chi connectivity index (χ3n) is 4.67. The van der Waals surface area contributed by atoms with Crippen molar-refractivity contribution in [1.82, 2.24) is 4.31 Å². The van der Waals surface area contributed by atoms with Crippen LogP contribution in [-0.2, 0) is 19.6 Å². The van der Waals surface area contributed by atoms with E-state index in [0.717, 1.165) is 18.4 Å². The van der Waals surface area contributed by atoms with Crippen LogP contribution < -0.4 is 4.74 Å². The molecule has 1 aromatic rings. The number of rotatable bonds is 10. The highest BCUT2D eigenvalue weighted by atomic mass is 32.2. The summed E-state index contributed by atoms with van der Waals surface area (Å²) >= 11 is 0. The van der Waals surface area contributed by atoms with Gasteiger partial charge in [0, 0.05) is 13.1 Å². The molecular weight excluding hydrogens is 358 g/mol. The fraction of sp³-hybridized carbons (Fsp3) is 0.611. The Bertz CT molecular complexity index is 770. The largest absolute Gasteiger partial charge is 0.496 e. The number of ether oxygens (including phenoxy) is 2. The molecule has 0 aromatic heterocycles. The molecule has 1 N–H and O–H groups in total. The van der Waals surface area contributed by atoms with Crippen LogP contribution >= 0.6 is 0 Å². The van der Waals surface area contributed by atoms with Gasteiger partial charge in [0.15, 0.2) is 0 Å². The van der Waals surface area contributed by atoms with Crippen LogP contribution in [0.2, 0.25) is 0 Å². The second-order valence-corrected chi connectivity index (χ2v) is 8.60. The van der Waals surface area contributed by atoms with Crippen molar-refractivity contribution < 1.29 is 27.8 Å². The van der Waals surface area contributed by atoms with Crippen LogP contribution in [0.25, 0.3) is 0 Å². The summed E-state index contributed by atoms with van der Waals surface area (Å²) in [5.74, 6) is -0.0410. The molecular formula is C18H27NO6S. The zero-order valence-electron chi connectivity index (χ0n) is 15.7. The van der Waals surface area contributed by atoms with E-state index in [1.165, 1.54) is 4.31 Å². The lowest BCUT2D eigenvalue weighted by Gasteiger charge is -2.25. The van der Waals surface area contributed by atoms with Crippen LogP contribution in [0.1, 0.15) is 29.5 Å². The van der Waals surface area contributed by atoms with Crippen LogP contribution in [0.5, 0.6) is 5.75 Å². The molecule has 0 bridgehead atoms. The van der Waals surface area contributed by atoms with Gasteiger partial charge in [0.2, 0.25) is 10.0 Å². The van der Waals surface area contributed by atoms with Crippen LogP contribution in [-0.4, -0.2) is 57.2 Å². The van der Waals surface area contributed by atoms with E-state index < -0.39 is 22.6 Å². The van der Waals surface area contributed by atoms with Gasteiger partial charge in [0.25, 0.3) is 0 Å². The van der Waals surface area contributed by atoms with Crippen LogP contribution in [0.4, 0.5) is 0 Å². The van der Waals surface area contributed by atoms with Crippen molar-refractivity contribution in [2.75, 3.05) is 33.4 Å². The fourth-order valence-corrected chi connectivity index (χ4v) is 4.97. The number of sulfonamides is 1. The summed E-state index contributed by atoms with van der Waals surface area (Å²) in [6.07, 6.45) is 2.03. The summed E-state index contributed by atoms with van der Waals surface area (Å²) in [4.78, 5) is 10.9. The standard InChI is InChI=1S/C18H27NO6S/c1-12-9-16(24-4)13(2)14(3)18(12)26(22,23)19(10-15-5-6-15)7-8-25-11-17(20)21/h9,15H,5-8,10-11H2,1-4H3,(H,20,21). The molecule has 0 aliphatic heterocycles. The van der Waals surface area contributed by atoms with Gasteiger partial charge in [-0.2, -0.15) is 4.31 Å². The predicted molar refractivity (Wildman–Crippen MR) is 97.1 cm³/mol. The number of aryl methyl sites for hydroxylation is 1. The first-order chi connectivity index (χ1) is 12.2. The van der Waals surface area contributed by atoms with E-state index in [0.29, 0.717) is 34.2 Å². The van der Waals surface area contributed by atoms with Gasteiger partial charge in [-0.05, 0) is 62.3 Å². The van der Waals surface area contributed by atoms with E-state index in [1.54, 1.807) is 27.0 Å². The van der Waals surface area contributed by atoms with Gasteiger partial charge in [0.1, 0.15) is 12.4 Å². The van der Waals surface area contributed by atoms with E-state index in [1.807, 2.05) is 6.92 Å². The minimum absolute atomic E-state index is 0.0471. The molecule has 0 saturated heterocycles. The second-order valence-electron chi connectivity index (χ2n) is 6.73. The smallest absolute Gasteiger partial charge is 0.329 e. The van der Waals surface area contributed by atoms with Gasteiger partial charge in [-0.3, -0.25) is 0 Å². The number of carbonyl (C=O) groups is 1. The molecule has 8 heteroatoms. The van der Waals surface area contributed by atoms with Crippen molar-refractivity contribution in [3.05, 3.63) is 22.8 Å². The summed E-state index contributed by atoms with van der Waals surface area (Å²) < 4.78 is 38.5. The lowest BCUT2D eigenvalue weighted by molar-refractivity contribution is -0.142. The summed E-state index contributed by atoms with van der Waals surface area (Å²) in [5.41, 5.74) is 2.11. The van der Waals surface area contributed by atoms with Crippen molar-refractivity contribution in [2.45, 2.75) is 38.5 Å². The highest BCUT2D eigenvalue weighted by molar-refractivity contribution is 7.89. The average Bonchev–Trinajstić information content (AvgIpc) is 3.37. The quantitative estimate of drug-likeness (QED) is 0.620.